The lowest BCUT2D eigenvalue weighted by molar-refractivity contribution is -0.130. The molecule has 0 heterocycles. The Morgan fingerprint density at radius 2 is 1.58 bits per heavy atom. The number of sulfone groups is 1. The lowest BCUT2D eigenvalue weighted by atomic mass is 10.1. The first-order chi connectivity index (χ1) is 12.1. The SMILES string of the molecule is C=C(c1ccc(C(C(=O)O)=C(F)F)cc1)S(=O)(=O)c1ccc(F)c(C)c1. The van der Waals surface area contributed by atoms with Crippen LogP contribution in [0.4, 0.5) is 13.2 Å². The van der Waals surface area contributed by atoms with Gasteiger partial charge in [-0.2, -0.15) is 8.78 Å². The molecule has 26 heavy (non-hydrogen) atoms. The van der Waals surface area contributed by atoms with E-state index in [-0.39, 0.29) is 26.5 Å². The smallest absolute Gasteiger partial charge is 0.341 e. The molecule has 136 valence electrons. The summed E-state index contributed by atoms with van der Waals surface area (Å²) < 4.78 is 64.0. The quantitative estimate of drug-likeness (QED) is 0.619. The number of aryl methyl sites for hydroxylation is 1. The van der Waals surface area contributed by atoms with E-state index in [0.717, 1.165) is 30.3 Å². The molecule has 2 aromatic carbocycles. The fraction of sp³-hybridized carbons (Fsp3) is 0.0556. The van der Waals surface area contributed by atoms with Crippen molar-refractivity contribution in [3.8, 4) is 0 Å². The standard InChI is InChI=1S/C18H13F3O4S/c1-10-9-14(7-8-15(10)19)26(24,25)11(2)12-3-5-13(6-4-12)16(17(20)21)18(22)23/h3-9H,2H2,1H3,(H,22,23). The number of rotatable bonds is 5. The van der Waals surface area contributed by atoms with E-state index < -0.39 is 33.3 Å². The van der Waals surface area contributed by atoms with Gasteiger partial charge in [-0.15, -0.1) is 0 Å². The molecule has 0 aliphatic carbocycles. The Balaban J connectivity index is 2.42. The van der Waals surface area contributed by atoms with Gasteiger partial charge in [0.2, 0.25) is 9.84 Å². The number of carbonyl (C=O) groups is 1. The summed E-state index contributed by atoms with van der Waals surface area (Å²) in [6.07, 6.45) is -2.36. The molecule has 0 aromatic heterocycles. The summed E-state index contributed by atoms with van der Waals surface area (Å²) in [6.45, 7) is 4.93. The van der Waals surface area contributed by atoms with Gasteiger partial charge in [0, 0.05) is 0 Å². The molecule has 0 aliphatic rings. The van der Waals surface area contributed by atoms with Crippen LogP contribution in [0.25, 0.3) is 10.5 Å². The summed E-state index contributed by atoms with van der Waals surface area (Å²) in [6, 6.07) is 7.76. The first kappa shape index (κ1) is 19.5. The number of carboxylic acid groups (broad SMARTS) is 1. The molecule has 2 rings (SSSR count). The summed E-state index contributed by atoms with van der Waals surface area (Å²) >= 11 is 0. The van der Waals surface area contributed by atoms with Crippen molar-refractivity contribution in [1.29, 1.82) is 0 Å². The number of halogens is 3. The fourth-order valence-electron chi connectivity index (χ4n) is 2.22. The van der Waals surface area contributed by atoms with Gasteiger partial charge in [0.15, 0.2) is 0 Å². The molecule has 0 saturated heterocycles. The molecule has 0 radical (unpaired) electrons. The van der Waals surface area contributed by atoms with Crippen molar-refractivity contribution in [3.63, 3.8) is 0 Å². The molecule has 0 bridgehead atoms. The normalized spacial score (nSPS) is 11.1. The zero-order valence-electron chi connectivity index (χ0n) is 13.5. The van der Waals surface area contributed by atoms with Gasteiger partial charge >= 0.3 is 5.97 Å². The lowest BCUT2D eigenvalue weighted by Gasteiger charge is -2.10. The van der Waals surface area contributed by atoms with Gasteiger partial charge < -0.3 is 5.11 Å². The summed E-state index contributed by atoms with van der Waals surface area (Å²) in [4.78, 5) is 10.4. The Labute approximate surface area is 147 Å². The van der Waals surface area contributed by atoms with Crippen LogP contribution in [-0.4, -0.2) is 19.5 Å². The van der Waals surface area contributed by atoms with E-state index in [9.17, 15) is 26.4 Å². The second-order valence-electron chi connectivity index (χ2n) is 5.36. The van der Waals surface area contributed by atoms with Crippen molar-refractivity contribution in [2.45, 2.75) is 11.8 Å². The minimum atomic E-state index is -4.03. The second kappa shape index (κ2) is 7.17. The first-order valence-electron chi connectivity index (χ1n) is 7.15. The third kappa shape index (κ3) is 3.70. The molecule has 0 saturated carbocycles. The van der Waals surface area contributed by atoms with Crippen LogP contribution in [0.1, 0.15) is 16.7 Å². The van der Waals surface area contributed by atoms with Gasteiger partial charge in [-0.25, -0.2) is 17.6 Å². The fourth-order valence-corrected chi connectivity index (χ4v) is 3.53. The van der Waals surface area contributed by atoms with Gasteiger partial charge in [0.1, 0.15) is 11.4 Å². The van der Waals surface area contributed by atoms with Crippen molar-refractivity contribution in [2.75, 3.05) is 0 Å². The van der Waals surface area contributed by atoms with Crippen LogP contribution in [0.5, 0.6) is 0 Å². The van der Waals surface area contributed by atoms with Crippen LogP contribution in [0, 0.1) is 12.7 Å². The molecule has 0 fully saturated rings. The Hall–Kier alpha value is -2.87. The summed E-state index contributed by atoms with van der Waals surface area (Å²) in [5.74, 6) is -2.36. The third-order valence-corrected chi connectivity index (χ3v) is 5.42. The second-order valence-corrected chi connectivity index (χ2v) is 7.33. The molecule has 1 N–H and O–H groups in total. The van der Waals surface area contributed by atoms with Crippen LogP contribution >= 0.6 is 0 Å². The zero-order chi connectivity index (χ0) is 19.6. The molecular weight excluding hydrogens is 369 g/mol. The monoisotopic (exact) mass is 382 g/mol. The molecule has 2 aromatic rings. The average molecular weight is 382 g/mol. The largest absolute Gasteiger partial charge is 0.477 e. The van der Waals surface area contributed by atoms with Crippen molar-refractivity contribution in [3.05, 3.63) is 77.6 Å². The van der Waals surface area contributed by atoms with Gasteiger partial charge in [0.25, 0.3) is 6.08 Å². The van der Waals surface area contributed by atoms with Gasteiger partial charge in [-0.3, -0.25) is 0 Å². The van der Waals surface area contributed by atoms with Crippen LogP contribution in [0.2, 0.25) is 0 Å². The number of carboxylic acids is 1. The Morgan fingerprint density at radius 3 is 2.04 bits per heavy atom. The first-order valence-corrected chi connectivity index (χ1v) is 8.63. The Bertz CT molecular complexity index is 1020. The summed E-state index contributed by atoms with van der Waals surface area (Å²) in [5.41, 5.74) is -1.20. The maximum atomic E-state index is 13.3. The maximum Gasteiger partial charge on any atom is 0.341 e. The molecule has 8 heteroatoms. The topological polar surface area (TPSA) is 71.4 Å². The molecule has 0 spiro atoms. The number of hydrogen-bond donors (Lipinski definition) is 1. The van der Waals surface area contributed by atoms with E-state index in [1.54, 1.807) is 0 Å². The van der Waals surface area contributed by atoms with E-state index in [2.05, 4.69) is 6.58 Å². The summed E-state index contributed by atoms with van der Waals surface area (Å²) in [7, 11) is -4.03. The van der Waals surface area contributed by atoms with E-state index in [1.165, 1.54) is 19.1 Å². The van der Waals surface area contributed by atoms with Crippen LogP contribution in [-0.2, 0) is 14.6 Å². The van der Waals surface area contributed by atoms with E-state index in [4.69, 9.17) is 5.11 Å². The average Bonchev–Trinajstić information content (AvgIpc) is 2.56. The van der Waals surface area contributed by atoms with Crippen molar-refractivity contribution < 1.29 is 31.5 Å². The van der Waals surface area contributed by atoms with Gasteiger partial charge in [-0.05, 0) is 41.8 Å². The molecule has 0 amide bonds. The molecule has 0 unspecified atom stereocenters. The highest BCUT2D eigenvalue weighted by molar-refractivity contribution is 8.00. The Kier molecular flexibility index (Phi) is 5.36. The predicted molar refractivity (Wildman–Crippen MR) is 90.6 cm³/mol. The number of benzene rings is 2. The van der Waals surface area contributed by atoms with Crippen molar-refractivity contribution in [1.82, 2.24) is 0 Å². The number of hydrogen-bond acceptors (Lipinski definition) is 3. The lowest BCUT2D eigenvalue weighted by Crippen LogP contribution is -2.05. The third-order valence-electron chi connectivity index (χ3n) is 3.66. The summed E-state index contributed by atoms with van der Waals surface area (Å²) in [5, 5.41) is 8.82. The molecular formula is C18H13F3O4S. The Morgan fingerprint density at radius 1 is 1.04 bits per heavy atom. The van der Waals surface area contributed by atoms with E-state index in [0.29, 0.717) is 0 Å². The van der Waals surface area contributed by atoms with Gasteiger partial charge in [-0.1, -0.05) is 30.8 Å². The highest BCUT2D eigenvalue weighted by Crippen LogP contribution is 2.29. The highest BCUT2D eigenvalue weighted by Gasteiger charge is 2.22. The van der Waals surface area contributed by atoms with E-state index in [1.807, 2.05) is 0 Å². The van der Waals surface area contributed by atoms with Crippen LogP contribution in [0.3, 0.4) is 0 Å². The highest BCUT2D eigenvalue weighted by atomic mass is 32.2. The van der Waals surface area contributed by atoms with Crippen molar-refractivity contribution in [2.24, 2.45) is 0 Å². The molecule has 0 aliphatic heterocycles. The number of aliphatic carboxylic acids is 1. The van der Waals surface area contributed by atoms with Crippen LogP contribution < -0.4 is 0 Å². The van der Waals surface area contributed by atoms with E-state index >= 15 is 0 Å². The predicted octanol–water partition coefficient (Wildman–Crippen LogP) is 4.27. The maximum absolute atomic E-state index is 13.3. The molecule has 4 nitrogen and oxygen atoms in total. The minimum Gasteiger partial charge on any atom is -0.477 e. The molecule has 0 atom stereocenters. The zero-order valence-corrected chi connectivity index (χ0v) is 14.3. The minimum absolute atomic E-state index is 0.0970. The van der Waals surface area contributed by atoms with Crippen LogP contribution in [0.15, 0.2) is 60.0 Å². The van der Waals surface area contributed by atoms with Crippen molar-refractivity contribution >= 4 is 26.3 Å². The van der Waals surface area contributed by atoms with Gasteiger partial charge in [0.05, 0.1) is 9.80 Å².